The largest absolute Gasteiger partial charge is 0.495 e. The van der Waals surface area contributed by atoms with E-state index in [1.165, 1.54) is 0 Å². The Hall–Kier alpha value is -3.49. The highest BCUT2D eigenvalue weighted by Crippen LogP contribution is 2.62. The van der Waals surface area contributed by atoms with Crippen molar-refractivity contribution in [2.45, 2.75) is 19.1 Å². The van der Waals surface area contributed by atoms with Crippen molar-refractivity contribution in [2.75, 3.05) is 13.7 Å². The van der Waals surface area contributed by atoms with E-state index in [4.69, 9.17) is 31.2 Å². The number of benzene rings is 1. The second kappa shape index (κ2) is 7.54. The SMILES string of the molecule is COc1cc(/C=C/c2nc3n(n2)CCOC32C3=CN=C(Cl)C=CC32)ccc1-n1cnc(C)c1. The van der Waals surface area contributed by atoms with Gasteiger partial charge in [0.2, 0.25) is 0 Å². The van der Waals surface area contributed by atoms with Gasteiger partial charge < -0.3 is 14.0 Å². The van der Waals surface area contributed by atoms with Crippen LogP contribution in [0.15, 0.2) is 59.6 Å². The Morgan fingerprint density at radius 2 is 2.21 bits per heavy atom. The van der Waals surface area contributed by atoms with E-state index in [1.54, 1.807) is 19.6 Å². The summed E-state index contributed by atoms with van der Waals surface area (Å²) in [5, 5.41) is 5.16. The minimum atomic E-state index is -0.581. The standard InChI is InChI=1S/C24H21ClN6O2/c1-15-13-30(14-27-15)19-6-3-16(11-20(19)32-2)4-8-22-28-23-24(33-10-9-31(23)29-22)17-5-7-21(25)26-12-18(17)24/h3-8,11-14,17H,9-10H2,1-2H3/b8-4+. The zero-order valence-electron chi connectivity index (χ0n) is 18.1. The quantitative estimate of drug-likeness (QED) is 0.590. The monoisotopic (exact) mass is 460 g/mol. The van der Waals surface area contributed by atoms with Crippen molar-refractivity contribution >= 4 is 28.9 Å². The minimum Gasteiger partial charge on any atom is -0.495 e. The van der Waals surface area contributed by atoms with Gasteiger partial charge in [-0.15, -0.1) is 0 Å². The van der Waals surface area contributed by atoms with Gasteiger partial charge in [0.1, 0.15) is 10.9 Å². The molecule has 8 nitrogen and oxygen atoms in total. The first-order valence-corrected chi connectivity index (χ1v) is 11.0. The third kappa shape index (κ3) is 3.25. The van der Waals surface area contributed by atoms with Gasteiger partial charge >= 0.3 is 0 Å². The van der Waals surface area contributed by atoms with Crippen molar-refractivity contribution in [3.8, 4) is 11.4 Å². The molecule has 9 heteroatoms. The van der Waals surface area contributed by atoms with E-state index in [2.05, 4.69) is 9.98 Å². The van der Waals surface area contributed by atoms with Crippen LogP contribution in [0.25, 0.3) is 17.8 Å². The molecule has 2 aromatic heterocycles. The minimum absolute atomic E-state index is 0.0844. The van der Waals surface area contributed by atoms with Gasteiger partial charge in [-0.05, 0) is 42.3 Å². The molecule has 1 spiro atoms. The molecule has 3 aliphatic rings. The van der Waals surface area contributed by atoms with Gasteiger partial charge in [-0.3, -0.25) is 0 Å². The Balaban J connectivity index is 1.29. The van der Waals surface area contributed by atoms with Crippen LogP contribution in [0.4, 0.5) is 0 Å². The summed E-state index contributed by atoms with van der Waals surface area (Å²) in [7, 11) is 1.66. The molecule has 166 valence electrons. The Kier molecular flexibility index (Phi) is 4.60. The topological polar surface area (TPSA) is 79.4 Å². The summed E-state index contributed by atoms with van der Waals surface area (Å²) in [6.45, 7) is 3.20. The van der Waals surface area contributed by atoms with Crippen LogP contribution in [0.1, 0.15) is 22.9 Å². The Morgan fingerprint density at radius 3 is 3.03 bits per heavy atom. The number of imidazole rings is 1. The maximum Gasteiger partial charge on any atom is 0.174 e. The van der Waals surface area contributed by atoms with E-state index in [0.717, 1.165) is 34.1 Å². The number of aliphatic imine (C=N–C) groups is 1. The van der Waals surface area contributed by atoms with Crippen LogP contribution in [0, 0.1) is 12.8 Å². The fourth-order valence-electron chi connectivity index (χ4n) is 4.51. The van der Waals surface area contributed by atoms with Gasteiger partial charge in [0.05, 0.1) is 38.0 Å². The van der Waals surface area contributed by atoms with Gasteiger partial charge in [0, 0.05) is 18.3 Å². The predicted octanol–water partition coefficient (Wildman–Crippen LogP) is 3.90. The number of rotatable bonds is 4. The first-order chi connectivity index (χ1) is 16.1. The molecule has 2 atom stereocenters. The number of allylic oxidation sites excluding steroid dienone is 1. The van der Waals surface area contributed by atoms with Gasteiger partial charge in [0.25, 0.3) is 0 Å². The number of methoxy groups -OCH3 is 1. The van der Waals surface area contributed by atoms with Crippen molar-refractivity contribution in [3.05, 3.63) is 77.6 Å². The number of halogens is 1. The van der Waals surface area contributed by atoms with Crippen molar-refractivity contribution in [3.63, 3.8) is 0 Å². The highest BCUT2D eigenvalue weighted by atomic mass is 35.5. The number of nitrogens with zero attached hydrogens (tertiary/aromatic N) is 6. The molecule has 0 radical (unpaired) electrons. The summed E-state index contributed by atoms with van der Waals surface area (Å²) < 4.78 is 15.7. The molecule has 3 aromatic rings. The number of aryl methyl sites for hydroxylation is 1. The molecule has 4 heterocycles. The third-order valence-corrected chi connectivity index (χ3v) is 6.37. The first kappa shape index (κ1) is 20.1. The van der Waals surface area contributed by atoms with Gasteiger partial charge in [0.15, 0.2) is 17.2 Å². The van der Waals surface area contributed by atoms with Crippen LogP contribution in [-0.2, 0) is 16.9 Å². The van der Waals surface area contributed by atoms with Gasteiger partial charge in [-0.25, -0.2) is 19.6 Å². The first-order valence-electron chi connectivity index (χ1n) is 10.7. The lowest BCUT2D eigenvalue weighted by molar-refractivity contribution is -0.00752. The van der Waals surface area contributed by atoms with Crippen LogP contribution in [-0.4, -0.2) is 43.2 Å². The maximum atomic E-state index is 6.20. The predicted molar refractivity (Wildman–Crippen MR) is 125 cm³/mol. The second-order valence-electron chi connectivity index (χ2n) is 8.16. The van der Waals surface area contributed by atoms with E-state index in [9.17, 15) is 0 Å². The number of ether oxygens (including phenoxy) is 2. The second-order valence-corrected chi connectivity index (χ2v) is 8.55. The average molecular weight is 461 g/mol. The molecule has 1 aliphatic carbocycles. The molecule has 2 aliphatic heterocycles. The highest BCUT2D eigenvalue weighted by molar-refractivity contribution is 6.68. The summed E-state index contributed by atoms with van der Waals surface area (Å²) in [5.41, 5.74) is 3.35. The van der Waals surface area contributed by atoms with E-state index in [0.29, 0.717) is 24.1 Å². The lowest BCUT2D eigenvalue weighted by atomic mass is 10.1. The molecular formula is C24H21ClN6O2. The summed E-state index contributed by atoms with van der Waals surface area (Å²) in [5.74, 6) is 2.29. The van der Waals surface area contributed by atoms with Crippen LogP contribution < -0.4 is 4.74 Å². The molecule has 0 N–H and O–H groups in total. The third-order valence-electron chi connectivity index (χ3n) is 6.14. The number of fused-ring (bicyclic) bond motifs is 5. The molecule has 1 aromatic carbocycles. The van der Waals surface area contributed by atoms with E-state index in [-0.39, 0.29) is 5.92 Å². The van der Waals surface area contributed by atoms with Gasteiger partial charge in [-0.2, -0.15) is 5.10 Å². The Bertz CT molecular complexity index is 1380. The lowest BCUT2D eigenvalue weighted by Gasteiger charge is -2.23. The lowest BCUT2D eigenvalue weighted by Crippen LogP contribution is -2.30. The molecule has 1 fully saturated rings. The maximum absolute atomic E-state index is 6.20. The normalized spacial score (nSPS) is 23.2. The molecule has 33 heavy (non-hydrogen) atoms. The van der Waals surface area contributed by atoms with Crippen molar-refractivity contribution in [1.29, 1.82) is 0 Å². The molecule has 2 unspecified atom stereocenters. The summed E-state index contributed by atoms with van der Waals surface area (Å²) in [6.07, 6.45) is 13.3. The van der Waals surface area contributed by atoms with Crippen molar-refractivity contribution in [2.24, 2.45) is 10.9 Å². The Morgan fingerprint density at radius 1 is 1.30 bits per heavy atom. The van der Waals surface area contributed by atoms with Crippen molar-refractivity contribution in [1.82, 2.24) is 24.3 Å². The van der Waals surface area contributed by atoms with E-state index in [1.807, 2.05) is 64.9 Å². The molecule has 1 saturated carbocycles. The Labute approximate surface area is 195 Å². The summed E-state index contributed by atoms with van der Waals surface area (Å²) in [6, 6.07) is 6.02. The zero-order valence-corrected chi connectivity index (χ0v) is 18.9. The van der Waals surface area contributed by atoms with E-state index < -0.39 is 5.60 Å². The fourth-order valence-corrected chi connectivity index (χ4v) is 4.64. The number of hydrogen-bond donors (Lipinski definition) is 0. The molecule has 0 saturated heterocycles. The summed E-state index contributed by atoms with van der Waals surface area (Å²) in [4.78, 5) is 13.4. The highest BCUT2D eigenvalue weighted by Gasteiger charge is 2.66. The van der Waals surface area contributed by atoms with E-state index >= 15 is 0 Å². The molecular weight excluding hydrogens is 440 g/mol. The van der Waals surface area contributed by atoms with Crippen LogP contribution in [0.5, 0.6) is 5.75 Å². The zero-order chi connectivity index (χ0) is 22.6. The van der Waals surface area contributed by atoms with Crippen LogP contribution in [0.3, 0.4) is 0 Å². The summed E-state index contributed by atoms with van der Waals surface area (Å²) >= 11 is 6.03. The fraction of sp³-hybridized carbons (Fsp3) is 0.250. The van der Waals surface area contributed by atoms with Gasteiger partial charge in [-0.1, -0.05) is 29.8 Å². The molecule has 0 amide bonds. The number of aromatic nitrogens is 5. The van der Waals surface area contributed by atoms with Crippen LogP contribution in [0.2, 0.25) is 0 Å². The average Bonchev–Trinajstić information content (AvgIpc) is 3.07. The smallest absolute Gasteiger partial charge is 0.174 e. The van der Waals surface area contributed by atoms with Crippen molar-refractivity contribution < 1.29 is 9.47 Å². The van der Waals surface area contributed by atoms with Crippen LogP contribution >= 0.6 is 11.6 Å². The number of hydrogen-bond acceptors (Lipinski definition) is 6. The molecule has 6 rings (SSSR count). The molecule has 0 bridgehead atoms.